The summed E-state index contributed by atoms with van der Waals surface area (Å²) in [4.78, 5) is 18.4. The zero-order valence-electron chi connectivity index (χ0n) is 16.4. The smallest absolute Gasteiger partial charge is 0.261 e. The molecule has 4 rings (SSSR count). The standard InChI is InChI=1S/C20H18F2N4O4S/c1-12-23-19(30-24-12)18-3-2-10-26(18)20(27)13-4-6-14(7-5-13)25-31(28,29)15-8-9-16(21)17(22)11-15/h4-9,11,18,25H,2-3,10H2,1H3. The molecule has 1 fully saturated rings. The maximum Gasteiger partial charge on any atom is 0.261 e. The SMILES string of the molecule is Cc1noc(C2CCCN2C(=O)c2ccc(NS(=O)(=O)c3ccc(F)c(F)c3)cc2)n1. The van der Waals surface area contributed by atoms with E-state index in [0.717, 1.165) is 18.6 Å². The van der Waals surface area contributed by atoms with Crippen molar-refractivity contribution in [2.24, 2.45) is 0 Å². The zero-order chi connectivity index (χ0) is 22.2. The molecule has 1 unspecified atom stereocenters. The summed E-state index contributed by atoms with van der Waals surface area (Å²) in [5.74, 6) is -1.77. The quantitative estimate of drug-likeness (QED) is 0.641. The molecule has 2 heterocycles. The second kappa shape index (κ2) is 8.06. The molecular formula is C20H18F2N4O4S. The van der Waals surface area contributed by atoms with E-state index in [0.29, 0.717) is 36.3 Å². The number of hydrogen-bond acceptors (Lipinski definition) is 6. The third-order valence-corrected chi connectivity index (χ3v) is 6.31. The Hall–Kier alpha value is -3.34. The molecule has 3 aromatic rings. The molecule has 0 aliphatic carbocycles. The van der Waals surface area contributed by atoms with Crippen LogP contribution in [0.1, 0.15) is 41.0 Å². The lowest BCUT2D eigenvalue weighted by Gasteiger charge is -2.22. The van der Waals surface area contributed by atoms with E-state index >= 15 is 0 Å². The van der Waals surface area contributed by atoms with Crippen molar-refractivity contribution < 1.29 is 26.5 Å². The topological polar surface area (TPSA) is 105 Å². The van der Waals surface area contributed by atoms with E-state index in [1.807, 2.05) is 0 Å². The van der Waals surface area contributed by atoms with E-state index in [1.54, 1.807) is 11.8 Å². The van der Waals surface area contributed by atoms with Gasteiger partial charge in [0.25, 0.3) is 15.9 Å². The fourth-order valence-corrected chi connectivity index (χ4v) is 4.49. The first-order valence-electron chi connectivity index (χ1n) is 9.44. The van der Waals surface area contributed by atoms with Crippen LogP contribution in [0, 0.1) is 18.6 Å². The van der Waals surface area contributed by atoms with Gasteiger partial charge in [-0.15, -0.1) is 0 Å². The molecular weight excluding hydrogens is 430 g/mol. The molecule has 8 nitrogen and oxygen atoms in total. The summed E-state index contributed by atoms with van der Waals surface area (Å²) in [5, 5.41) is 3.78. The van der Waals surface area contributed by atoms with Crippen LogP contribution >= 0.6 is 0 Å². The van der Waals surface area contributed by atoms with Gasteiger partial charge in [0.05, 0.1) is 4.90 Å². The van der Waals surface area contributed by atoms with Gasteiger partial charge in [0.15, 0.2) is 17.5 Å². The molecule has 31 heavy (non-hydrogen) atoms. The highest BCUT2D eigenvalue weighted by molar-refractivity contribution is 7.92. The molecule has 1 aliphatic rings. The van der Waals surface area contributed by atoms with Gasteiger partial charge < -0.3 is 9.42 Å². The molecule has 0 saturated carbocycles. The Morgan fingerprint density at radius 2 is 1.90 bits per heavy atom. The number of sulfonamides is 1. The van der Waals surface area contributed by atoms with Crippen molar-refractivity contribution in [3.05, 3.63) is 71.4 Å². The van der Waals surface area contributed by atoms with E-state index in [9.17, 15) is 22.0 Å². The molecule has 1 saturated heterocycles. The van der Waals surface area contributed by atoms with E-state index in [2.05, 4.69) is 14.9 Å². The first kappa shape index (κ1) is 20.9. The molecule has 1 aliphatic heterocycles. The number of anilines is 1. The Labute approximate surface area is 176 Å². The van der Waals surface area contributed by atoms with Crippen molar-refractivity contribution in [2.75, 3.05) is 11.3 Å². The van der Waals surface area contributed by atoms with E-state index in [4.69, 9.17) is 4.52 Å². The van der Waals surface area contributed by atoms with Crippen molar-refractivity contribution in [1.29, 1.82) is 0 Å². The minimum atomic E-state index is -4.12. The Kier molecular flexibility index (Phi) is 5.44. The van der Waals surface area contributed by atoms with Crippen LogP contribution in [0.3, 0.4) is 0 Å². The summed E-state index contributed by atoms with van der Waals surface area (Å²) < 4.78 is 58.7. The lowest BCUT2D eigenvalue weighted by Crippen LogP contribution is -2.30. The molecule has 2 aromatic carbocycles. The number of rotatable bonds is 5. The molecule has 1 N–H and O–H groups in total. The van der Waals surface area contributed by atoms with Crippen molar-refractivity contribution in [3.63, 3.8) is 0 Å². The fourth-order valence-electron chi connectivity index (χ4n) is 3.42. The van der Waals surface area contributed by atoms with Crippen molar-refractivity contribution in [2.45, 2.75) is 30.7 Å². The normalized spacial score (nSPS) is 16.5. The summed E-state index contributed by atoms with van der Waals surface area (Å²) in [6.45, 7) is 2.24. The summed E-state index contributed by atoms with van der Waals surface area (Å²) >= 11 is 0. The first-order valence-corrected chi connectivity index (χ1v) is 10.9. The number of amides is 1. The third kappa shape index (κ3) is 4.26. The van der Waals surface area contributed by atoms with E-state index < -0.39 is 26.6 Å². The van der Waals surface area contributed by atoms with Gasteiger partial charge in [0, 0.05) is 17.8 Å². The number of carbonyl (C=O) groups is 1. The molecule has 1 atom stereocenters. The number of nitrogens with one attached hydrogen (secondary N) is 1. The molecule has 0 bridgehead atoms. The van der Waals surface area contributed by atoms with Crippen LogP contribution in [0.4, 0.5) is 14.5 Å². The summed E-state index contributed by atoms with van der Waals surface area (Å²) in [6, 6.07) is 7.82. The number of likely N-dealkylation sites (tertiary alicyclic amines) is 1. The van der Waals surface area contributed by atoms with Gasteiger partial charge >= 0.3 is 0 Å². The van der Waals surface area contributed by atoms with Crippen LogP contribution in [0.5, 0.6) is 0 Å². The van der Waals surface area contributed by atoms with Gasteiger partial charge in [0.1, 0.15) is 6.04 Å². The number of carbonyl (C=O) groups excluding carboxylic acids is 1. The highest BCUT2D eigenvalue weighted by Gasteiger charge is 2.34. The number of aryl methyl sites for hydroxylation is 1. The van der Waals surface area contributed by atoms with Crippen LogP contribution in [-0.4, -0.2) is 35.9 Å². The van der Waals surface area contributed by atoms with Gasteiger partial charge in [-0.25, -0.2) is 17.2 Å². The van der Waals surface area contributed by atoms with Crippen LogP contribution in [0.2, 0.25) is 0 Å². The minimum absolute atomic E-state index is 0.173. The van der Waals surface area contributed by atoms with Crippen molar-refractivity contribution in [1.82, 2.24) is 15.0 Å². The number of aromatic nitrogens is 2. The monoisotopic (exact) mass is 448 g/mol. The summed E-state index contributed by atoms with van der Waals surface area (Å²) in [5.41, 5.74) is 0.533. The second-order valence-electron chi connectivity index (χ2n) is 7.10. The van der Waals surface area contributed by atoms with Crippen LogP contribution in [0.15, 0.2) is 51.9 Å². The lowest BCUT2D eigenvalue weighted by atomic mass is 10.1. The third-order valence-electron chi connectivity index (χ3n) is 4.93. The maximum absolute atomic E-state index is 13.4. The van der Waals surface area contributed by atoms with Gasteiger partial charge in [-0.1, -0.05) is 5.16 Å². The summed E-state index contributed by atoms with van der Waals surface area (Å²) in [6.07, 6.45) is 1.50. The Morgan fingerprint density at radius 3 is 2.55 bits per heavy atom. The maximum atomic E-state index is 13.4. The summed E-state index contributed by atoms with van der Waals surface area (Å²) in [7, 11) is -4.12. The van der Waals surface area contributed by atoms with Gasteiger partial charge in [0.2, 0.25) is 5.89 Å². The highest BCUT2D eigenvalue weighted by atomic mass is 32.2. The predicted octanol–water partition coefficient (Wildman–Crippen LogP) is 3.43. The number of benzene rings is 2. The molecule has 1 amide bonds. The number of hydrogen-bond donors (Lipinski definition) is 1. The van der Waals surface area contributed by atoms with Crippen molar-refractivity contribution in [3.8, 4) is 0 Å². The zero-order valence-corrected chi connectivity index (χ0v) is 17.2. The lowest BCUT2D eigenvalue weighted by molar-refractivity contribution is 0.0710. The molecule has 162 valence electrons. The van der Waals surface area contributed by atoms with Gasteiger partial charge in [-0.2, -0.15) is 4.98 Å². The minimum Gasteiger partial charge on any atom is -0.337 e. The first-order chi connectivity index (χ1) is 14.7. The van der Waals surface area contributed by atoms with Crippen LogP contribution in [0.25, 0.3) is 0 Å². The predicted molar refractivity (Wildman–Crippen MR) is 106 cm³/mol. The van der Waals surface area contributed by atoms with Crippen LogP contribution in [-0.2, 0) is 10.0 Å². The highest BCUT2D eigenvalue weighted by Crippen LogP contribution is 2.32. The molecule has 0 radical (unpaired) electrons. The Bertz CT molecular complexity index is 1230. The van der Waals surface area contributed by atoms with Crippen molar-refractivity contribution >= 4 is 21.6 Å². The van der Waals surface area contributed by atoms with Crippen LogP contribution < -0.4 is 4.72 Å². The van der Waals surface area contributed by atoms with E-state index in [1.165, 1.54) is 24.3 Å². The largest absolute Gasteiger partial charge is 0.337 e. The number of halogens is 2. The molecule has 0 spiro atoms. The van der Waals surface area contributed by atoms with E-state index in [-0.39, 0.29) is 17.6 Å². The number of nitrogens with zero attached hydrogens (tertiary/aromatic N) is 3. The fraction of sp³-hybridized carbons (Fsp3) is 0.250. The van der Waals surface area contributed by atoms with Gasteiger partial charge in [-0.3, -0.25) is 9.52 Å². The average Bonchev–Trinajstić information content (AvgIpc) is 3.38. The Morgan fingerprint density at radius 1 is 1.16 bits per heavy atom. The molecule has 11 heteroatoms. The van der Waals surface area contributed by atoms with Gasteiger partial charge in [-0.05, 0) is 62.2 Å². The second-order valence-corrected chi connectivity index (χ2v) is 8.78. The Balaban J connectivity index is 1.50. The molecule has 1 aromatic heterocycles. The average molecular weight is 448 g/mol.